The van der Waals surface area contributed by atoms with Crippen LogP contribution in [-0.4, -0.2) is 14.3 Å². The van der Waals surface area contributed by atoms with E-state index in [1.165, 1.54) is 0 Å². The van der Waals surface area contributed by atoms with Crippen LogP contribution in [0.25, 0.3) is 16.5 Å². The van der Waals surface area contributed by atoms with Crippen molar-refractivity contribution >= 4 is 16.5 Å². The quantitative estimate of drug-likeness (QED) is 0.510. The lowest BCUT2D eigenvalue weighted by Gasteiger charge is -2.14. The summed E-state index contributed by atoms with van der Waals surface area (Å²) in [6.45, 7) is 11.6. The molecule has 0 unspecified atom stereocenters. The fourth-order valence-corrected chi connectivity index (χ4v) is 3.17. The van der Waals surface area contributed by atoms with E-state index in [1.54, 1.807) is 33.7 Å². The Balaban J connectivity index is 2.31. The molecule has 0 saturated carbocycles. The summed E-state index contributed by atoms with van der Waals surface area (Å²) in [5.74, 6) is 6.32. The molecule has 0 aliphatic heterocycles. The molecule has 4 nitrogen and oxygen atoms in total. The zero-order chi connectivity index (χ0) is 20.3. The van der Waals surface area contributed by atoms with Crippen molar-refractivity contribution in [2.75, 3.05) is 0 Å². The van der Waals surface area contributed by atoms with Crippen LogP contribution in [-0.2, 0) is 13.5 Å². The van der Waals surface area contributed by atoms with E-state index in [2.05, 4.69) is 30.1 Å². The molecule has 0 saturated heterocycles. The minimum atomic E-state index is -0.102. The Bertz CT molecular complexity index is 1230. The maximum Gasteiger partial charge on any atom is 0.264 e. The Morgan fingerprint density at radius 1 is 1.25 bits per heavy atom. The lowest BCUT2D eigenvalue weighted by molar-refractivity contribution is 0.740. The highest BCUT2D eigenvalue weighted by molar-refractivity contribution is 5.89. The third-order valence-corrected chi connectivity index (χ3v) is 4.81. The number of nitrogens with zero attached hydrogens (tertiary/aromatic N) is 3. The fourth-order valence-electron chi connectivity index (χ4n) is 3.17. The van der Waals surface area contributed by atoms with Crippen molar-refractivity contribution in [2.24, 2.45) is 7.05 Å². The Hall–Kier alpha value is -3.58. The monoisotopic (exact) mass is 369 g/mol. The number of aromatic nitrogens is 3. The Kier molecular flexibility index (Phi) is 5.47. The van der Waals surface area contributed by atoms with Gasteiger partial charge >= 0.3 is 0 Å². The molecule has 3 aromatic rings. The first kappa shape index (κ1) is 19.2. The zero-order valence-corrected chi connectivity index (χ0v) is 16.5. The molecule has 1 aromatic carbocycles. The van der Waals surface area contributed by atoms with Gasteiger partial charge in [-0.3, -0.25) is 14.0 Å². The van der Waals surface area contributed by atoms with E-state index in [4.69, 9.17) is 0 Å². The zero-order valence-electron chi connectivity index (χ0n) is 16.5. The Morgan fingerprint density at radius 3 is 2.61 bits per heavy atom. The molecule has 0 spiro atoms. The molecule has 0 N–H and O–H groups in total. The Morgan fingerprint density at radius 2 is 2.00 bits per heavy atom. The van der Waals surface area contributed by atoms with Crippen LogP contribution < -0.4 is 5.56 Å². The predicted octanol–water partition coefficient (Wildman–Crippen LogP) is 4.22. The van der Waals surface area contributed by atoms with E-state index in [0.29, 0.717) is 16.6 Å². The van der Waals surface area contributed by atoms with Gasteiger partial charge in [0.2, 0.25) is 0 Å². The number of hydrogen-bond acceptors (Lipinski definition) is 2. The Labute approximate surface area is 165 Å². The predicted molar refractivity (Wildman–Crippen MR) is 116 cm³/mol. The normalized spacial score (nSPS) is 11.2. The van der Waals surface area contributed by atoms with Gasteiger partial charge in [-0.15, -0.1) is 0 Å². The minimum absolute atomic E-state index is 0.102. The second kappa shape index (κ2) is 7.98. The number of benzene rings is 1. The van der Waals surface area contributed by atoms with Gasteiger partial charge < -0.3 is 0 Å². The van der Waals surface area contributed by atoms with Gasteiger partial charge in [-0.2, -0.15) is 5.10 Å². The smallest absolute Gasteiger partial charge is 0.264 e. The van der Waals surface area contributed by atoms with E-state index in [9.17, 15) is 4.79 Å². The lowest BCUT2D eigenvalue weighted by Crippen LogP contribution is -2.23. The standard InChI is InChI=1S/C24H23N3O/c1-6-10-21(7-2)27-22(8-3)15-19-12-9-11-18(23(19)24(27)28)13-14-20-16-25-26(5)17(20)4/h6-7,9-12,15-16H,1-2,8H2,3-5H3/b21-10+. The maximum atomic E-state index is 13.4. The van der Waals surface area contributed by atoms with Crippen molar-refractivity contribution in [3.05, 3.63) is 94.7 Å². The van der Waals surface area contributed by atoms with Crippen molar-refractivity contribution in [1.82, 2.24) is 14.3 Å². The molecule has 0 amide bonds. The van der Waals surface area contributed by atoms with Gasteiger partial charge in [0.25, 0.3) is 5.56 Å². The first-order valence-electron chi connectivity index (χ1n) is 9.15. The second-order valence-electron chi connectivity index (χ2n) is 6.45. The van der Waals surface area contributed by atoms with Crippen molar-refractivity contribution in [3.63, 3.8) is 0 Å². The number of rotatable bonds is 4. The van der Waals surface area contributed by atoms with Crippen LogP contribution in [0.2, 0.25) is 0 Å². The van der Waals surface area contributed by atoms with Crippen LogP contribution in [0.1, 0.15) is 29.4 Å². The first-order chi connectivity index (χ1) is 13.5. The van der Waals surface area contributed by atoms with E-state index in [-0.39, 0.29) is 5.56 Å². The molecular weight excluding hydrogens is 346 g/mol. The topological polar surface area (TPSA) is 39.8 Å². The van der Waals surface area contributed by atoms with Crippen molar-refractivity contribution in [3.8, 4) is 11.8 Å². The molecule has 140 valence electrons. The van der Waals surface area contributed by atoms with Gasteiger partial charge in [0, 0.05) is 24.0 Å². The van der Waals surface area contributed by atoms with E-state index in [0.717, 1.165) is 28.8 Å². The molecule has 4 heteroatoms. The largest absolute Gasteiger partial charge is 0.281 e. The van der Waals surface area contributed by atoms with Crippen LogP contribution >= 0.6 is 0 Å². The summed E-state index contributed by atoms with van der Waals surface area (Å²) in [4.78, 5) is 13.4. The average Bonchev–Trinajstić information content (AvgIpc) is 3.02. The highest BCUT2D eigenvalue weighted by Gasteiger charge is 2.12. The first-order valence-corrected chi connectivity index (χ1v) is 9.15. The van der Waals surface area contributed by atoms with Gasteiger partial charge in [-0.05, 0) is 43.0 Å². The molecule has 0 bridgehead atoms. The van der Waals surface area contributed by atoms with Crippen molar-refractivity contribution in [2.45, 2.75) is 20.3 Å². The molecule has 0 atom stereocenters. The van der Waals surface area contributed by atoms with Crippen LogP contribution in [0.3, 0.4) is 0 Å². The van der Waals surface area contributed by atoms with Crippen LogP contribution in [0.4, 0.5) is 0 Å². The number of allylic oxidation sites excluding steroid dienone is 4. The summed E-state index contributed by atoms with van der Waals surface area (Å²) >= 11 is 0. The van der Waals surface area contributed by atoms with Gasteiger partial charge in [-0.25, -0.2) is 0 Å². The number of pyridine rings is 1. The van der Waals surface area contributed by atoms with Gasteiger partial charge in [0.05, 0.1) is 22.8 Å². The van der Waals surface area contributed by atoms with Crippen molar-refractivity contribution in [1.29, 1.82) is 0 Å². The van der Waals surface area contributed by atoms with E-state index in [1.807, 2.05) is 45.2 Å². The average molecular weight is 369 g/mol. The van der Waals surface area contributed by atoms with E-state index < -0.39 is 0 Å². The SMILES string of the molecule is C=C/C=C(\C=C)n1c(CC)cc2cccc(C#Cc3cnn(C)c3C)c2c1=O. The highest BCUT2D eigenvalue weighted by Crippen LogP contribution is 2.20. The minimum Gasteiger partial charge on any atom is -0.281 e. The third kappa shape index (κ3) is 3.35. The summed E-state index contributed by atoms with van der Waals surface area (Å²) in [5.41, 5.74) is 4.05. The van der Waals surface area contributed by atoms with Gasteiger partial charge in [0.1, 0.15) is 0 Å². The maximum absolute atomic E-state index is 13.4. The molecule has 2 aromatic heterocycles. The summed E-state index contributed by atoms with van der Waals surface area (Å²) in [5, 5.41) is 5.71. The molecule has 3 rings (SSSR count). The molecule has 2 heterocycles. The lowest BCUT2D eigenvalue weighted by atomic mass is 10.0. The number of fused-ring (bicyclic) bond motifs is 1. The fraction of sp³-hybridized carbons (Fsp3) is 0.167. The van der Waals surface area contributed by atoms with Crippen molar-refractivity contribution < 1.29 is 0 Å². The summed E-state index contributed by atoms with van der Waals surface area (Å²) < 4.78 is 3.47. The van der Waals surface area contributed by atoms with Gasteiger partial charge in [-0.1, -0.05) is 50.1 Å². The second-order valence-corrected chi connectivity index (χ2v) is 6.45. The molecular formula is C24H23N3O. The molecule has 0 aliphatic carbocycles. The molecule has 0 fully saturated rings. The summed E-state index contributed by atoms with van der Waals surface area (Å²) in [6.07, 6.45) is 7.57. The summed E-state index contributed by atoms with van der Waals surface area (Å²) in [7, 11) is 1.88. The van der Waals surface area contributed by atoms with Crippen LogP contribution in [0.5, 0.6) is 0 Å². The number of hydrogen-bond donors (Lipinski definition) is 0. The van der Waals surface area contributed by atoms with Crippen LogP contribution in [0, 0.1) is 18.8 Å². The molecule has 28 heavy (non-hydrogen) atoms. The third-order valence-electron chi connectivity index (χ3n) is 4.81. The molecule has 0 aliphatic rings. The highest BCUT2D eigenvalue weighted by atomic mass is 16.1. The van der Waals surface area contributed by atoms with E-state index >= 15 is 0 Å². The van der Waals surface area contributed by atoms with Gasteiger partial charge in [0.15, 0.2) is 0 Å². The van der Waals surface area contributed by atoms with Crippen LogP contribution in [0.15, 0.2) is 66.6 Å². The molecule has 0 radical (unpaired) electrons. The summed E-state index contributed by atoms with van der Waals surface area (Å²) in [6, 6.07) is 7.80. The number of aryl methyl sites for hydroxylation is 2.